The van der Waals surface area contributed by atoms with E-state index >= 15 is 0 Å². The Labute approximate surface area is 187 Å². The average molecular weight is 432 g/mol. The van der Waals surface area contributed by atoms with E-state index in [-0.39, 0.29) is 0 Å². The van der Waals surface area contributed by atoms with Gasteiger partial charge in [0.1, 0.15) is 17.7 Å². The highest BCUT2D eigenvalue weighted by molar-refractivity contribution is 5.66. The quantitative estimate of drug-likeness (QED) is 0.277. The molecule has 3 aromatic heterocycles. The number of rotatable bonds is 9. The summed E-state index contributed by atoms with van der Waals surface area (Å²) in [6, 6.07) is 14.5. The maximum absolute atomic E-state index is 10.7. The van der Waals surface area contributed by atoms with Crippen LogP contribution < -0.4 is 10.6 Å². The summed E-state index contributed by atoms with van der Waals surface area (Å²) in [6.45, 7) is 1.52. The zero-order valence-corrected chi connectivity index (χ0v) is 18.1. The molecule has 1 fully saturated rings. The Morgan fingerprint density at radius 2 is 1.97 bits per heavy atom. The van der Waals surface area contributed by atoms with Crippen LogP contribution in [0.1, 0.15) is 44.0 Å². The smallest absolute Gasteiger partial charge is 0.158 e. The van der Waals surface area contributed by atoms with E-state index in [1.54, 1.807) is 12.5 Å². The van der Waals surface area contributed by atoms with E-state index in [1.165, 1.54) is 25.7 Å². The first-order valence-electron chi connectivity index (χ1n) is 11.4. The molecule has 1 saturated carbocycles. The molecule has 8 nitrogen and oxygen atoms in total. The summed E-state index contributed by atoms with van der Waals surface area (Å²) < 4.78 is 3.84. The molecule has 1 aromatic carbocycles. The van der Waals surface area contributed by atoms with Crippen LogP contribution in [-0.2, 0) is 6.54 Å². The second-order valence-corrected chi connectivity index (χ2v) is 8.37. The lowest BCUT2D eigenvalue weighted by Crippen LogP contribution is -2.23. The fraction of sp³-hybridized carbons (Fsp3) is 0.375. The number of aliphatic hydroxyl groups excluding tert-OH is 1. The van der Waals surface area contributed by atoms with Gasteiger partial charge in [-0.3, -0.25) is 5.32 Å². The Hall–Kier alpha value is -3.23. The number of hydrogen-bond donors (Lipinski definition) is 3. The third-order valence-electron chi connectivity index (χ3n) is 5.99. The Morgan fingerprint density at radius 1 is 1.12 bits per heavy atom. The van der Waals surface area contributed by atoms with Gasteiger partial charge in [-0.25, -0.2) is 9.97 Å². The van der Waals surface area contributed by atoms with Gasteiger partial charge >= 0.3 is 0 Å². The van der Waals surface area contributed by atoms with Gasteiger partial charge in [-0.2, -0.15) is 9.61 Å². The lowest BCUT2D eigenvalue weighted by atomic mass is 10.1. The molecule has 32 heavy (non-hydrogen) atoms. The summed E-state index contributed by atoms with van der Waals surface area (Å²) in [5.74, 6) is 0.916. The molecule has 0 spiro atoms. The molecule has 8 heteroatoms. The molecule has 3 heterocycles. The standard InChI is InChI=1S/C24H29N7O/c32-24(26-11-6-13-30-14-12-25-17-30)21-16-23-28-20(18-7-2-1-3-8-18)15-22(31(23)29-21)27-19-9-4-5-10-19/h1-3,7-8,12,14-17,19,24,26-27,32H,4-6,9-11,13H2. The minimum atomic E-state index is -0.848. The van der Waals surface area contributed by atoms with Gasteiger partial charge in [0.2, 0.25) is 0 Å². The molecule has 3 N–H and O–H groups in total. The highest BCUT2D eigenvalue weighted by Gasteiger charge is 2.19. The topological polar surface area (TPSA) is 92.3 Å². The van der Waals surface area contributed by atoms with Crippen LogP contribution in [0.15, 0.2) is 61.2 Å². The van der Waals surface area contributed by atoms with Crippen LogP contribution in [0.25, 0.3) is 16.9 Å². The Kier molecular flexibility index (Phi) is 6.13. The lowest BCUT2D eigenvalue weighted by molar-refractivity contribution is 0.133. The largest absolute Gasteiger partial charge is 0.373 e. The number of hydrogen-bond acceptors (Lipinski definition) is 6. The van der Waals surface area contributed by atoms with E-state index in [9.17, 15) is 5.11 Å². The molecular weight excluding hydrogens is 402 g/mol. The molecule has 166 valence electrons. The van der Waals surface area contributed by atoms with E-state index in [0.717, 1.165) is 35.7 Å². The summed E-state index contributed by atoms with van der Waals surface area (Å²) in [4.78, 5) is 8.87. The Bertz CT molecular complexity index is 1130. The molecule has 5 rings (SSSR count). The maximum atomic E-state index is 10.7. The van der Waals surface area contributed by atoms with Crippen LogP contribution >= 0.6 is 0 Å². The molecule has 0 radical (unpaired) electrons. The van der Waals surface area contributed by atoms with Crippen molar-refractivity contribution in [2.45, 2.75) is 50.9 Å². The first kappa shape index (κ1) is 20.7. The van der Waals surface area contributed by atoms with Crippen molar-refractivity contribution in [1.82, 2.24) is 29.5 Å². The monoisotopic (exact) mass is 431 g/mol. The van der Waals surface area contributed by atoms with Gasteiger partial charge in [0, 0.05) is 42.7 Å². The van der Waals surface area contributed by atoms with E-state index in [1.807, 2.05) is 39.5 Å². The summed E-state index contributed by atoms with van der Waals surface area (Å²) in [5, 5.41) is 22.2. The normalized spacial score (nSPS) is 15.4. The number of nitrogens with zero attached hydrogens (tertiary/aromatic N) is 5. The second kappa shape index (κ2) is 9.50. The van der Waals surface area contributed by atoms with Crippen LogP contribution in [0.4, 0.5) is 5.82 Å². The summed E-state index contributed by atoms with van der Waals surface area (Å²) in [5.41, 5.74) is 3.25. The molecule has 0 amide bonds. The van der Waals surface area contributed by atoms with E-state index in [0.29, 0.717) is 18.3 Å². The highest BCUT2D eigenvalue weighted by atomic mass is 16.3. The predicted octanol–water partition coefficient (Wildman–Crippen LogP) is 3.62. The summed E-state index contributed by atoms with van der Waals surface area (Å²) in [6.07, 6.45) is 10.4. The number of aliphatic hydroxyl groups is 1. The summed E-state index contributed by atoms with van der Waals surface area (Å²) >= 11 is 0. The van der Waals surface area contributed by atoms with Crippen molar-refractivity contribution in [3.05, 3.63) is 66.9 Å². The van der Waals surface area contributed by atoms with Crippen molar-refractivity contribution in [2.75, 3.05) is 11.9 Å². The first-order chi connectivity index (χ1) is 15.8. The molecule has 4 aromatic rings. The fourth-order valence-electron chi connectivity index (χ4n) is 4.29. The van der Waals surface area contributed by atoms with Gasteiger partial charge in [-0.15, -0.1) is 0 Å². The number of nitrogens with one attached hydrogen (secondary N) is 2. The number of fused-ring (bicyclic) bond motifs is 1. The molecule has 1 aliphatic rings. The molecule has 0 saturated heterocycles. The Balaban J connectivity index is 1.36. The SMILES string of the molecule is OC(NCCCn1ccnc1)c1cc2nc(-c3ccccc3)cc(NC3CCCC3)n2n1. The lowest BCUT2D eigenvalue weighted by Gasteiger charge is -2.15. The molecule has 1 aliphatic carbocycles. The van der Waals surface area contributed by atoms with Crippen LogP contribution in [0.5, 0.6) is 0 Å². The maximum Gasteiger partial charge on any atom is 0.158 e. The van der Waals surface area contributed by atoms with Crippen molar-refractivity contribution in [1.29, 1.82) is 0 Å². The van der Waals surface area contributed by atoms with Gasteiger partial charge in [0.05, 0.1) is 12.0 Å². The van der Waals surface area contributed by atoms with Gasteiger partial charge in [0.25, 0.3) is 0 Å². The van der Waals surface area contributed by atoms with Crippen molar-refractivity contribution in [3.63, 3.8) is 0 Å². The van der Waals surface area contributed by atoms with Crippen LogP contribution in [0.2, 0.25) is 0 Å². The Morgan fingerprint density at radius 3 is 2.75 bits per heavy atom. The van der Waals surface area contributed by atoms with Gasteiger partial charge in [-0.1, -0.05) is 43.2 Å². The van der Waals surface area contributed by atoms with Crippen LogP contribution in [-0.4, -0.2) is 41.8 Å². The minimum Gasteiger partial charge on any atom is -0.373 e. The molecular formula is C24H29N7O. The third kappa shape index (κ3) is 4.66. The first-order valence-corrected chi connectivity index (χ1v) is 11.4. The summed E-state index contributed by atoms with van der Waals surface area (Å²) in [7, 11) is 0. The number of imidazole rings is 1. The number of anilines is 1. The number of benzene rings is 1. The van der Waals surface area contributed by atoms with E-state index in [2.05, 4.69) is 38.9 Å². The molecule has 0 bridgehead atoms. The third-order valence-corrected chi connectivity index (χ3v) is 5.99. The highest BCUT2D eigenvalue weighted by Crippen LogP contribution is 2.27. The van der Waals surface area contributed by atoms with Gasteiger partial charge < -0.3 is 15.0 Å². The number of aromatic nitrogens is 5. The average Bonchev–Trinajstić information content (AvgIpc) is 3.59. The van der Waals surface area contributed by atoms with Gasteiger partial charge in [-0.05, 0) is 25.8 Å². The fourth-order valence-corrected chi connectivity index (χ4v) is 4.29. The van der Waals surface area contributed by atoms with Gasteiger partial charge in [0.15, 0.2) is 5.65 Å². The molecule has 1 atom stereocenters. The van der Waals surface area contributed by atoms with Crippen LogP contribution in [0, 0.1) is 0 Å². The van der Waals surface area contributed by atoms with Crippen molar-refractivity contribution in [3.8, 4) is 11.3 Å². The van der Waals surface area contributed by atoms with Crippen LogP contribution in [0.3, 0.4) is 0 Å². The number of aryl methyl sites for hydroxylation is 1. The zero-order chi connectivity index (χ0) is 21.8. The minimum absolute atomic E-state index is 0.447. The van der Waals surface area contributed by atoms with Crippen molar-refractivity contribution < 1.29 is 5.11 Å². The molecule has 0 aliphatic heterocycles. The van der Waals surface area contributed by atoms with E-state index in [4.69, 9.17) is 4.98 Å². The predicted molar refractivity (Wildman–Crippen MR) is 124 cm³/mol. The van der Waals surface area contributed by atoms with Crippen molar-refractivity contribution >= 4 is 11.5 Å². The van der Waals surface area contributed by atoms with E-state index < -0.39 is 6.23 Å². The second-order valence-electron chi connectivity index (χ2n) is 8.37. The molecule has 1 unspecified atom stereocenters. The zero-order valence-electron chi connectivity index (χ0n) is 18.1. The van der Waals surface area contributed by atoms with Crippen molar-refractivity contribution in [2.24, 2.45) is 0 Å².